The summed E-state index contributed by atoms with van der Waals surface area (Å²) in [5.41, 5.74) is -0.125. The van der Waals surface area contributed by atoms with E-state index in [1.165, 1.54) is 10.5 Å². The number of carbonyl (C=O) groups excluding carboxylic acids is 1. The Kier molecular flexibility index (Phi) is 5.18. The number of rotatable bonds is 3. The zero-order valence-electron chi connectivity index (χ0n) is 10.7. The molecule has 0 atom stereocenters. The lowest BCUT2D eigenvalue weighted by Gasteiger charge is -2.19. The van der Waals surface area contributed by atoms with Crippen LogP contribution in [0.5, 0.6) is 0 Å². The van der Waals surface area contributed by atoms with Crippen molar-refractivity contribution in [1.29, 1.82) is 0 Å². The molecule has 0 unspecified atom stereocenters. The van der Waals surface area contributed by atoms with Gasteiger partial charge in [-0.1, -0.05) is 39.0 Å². The number of carbonyl (C=O) groups is 1. The van der Waals surface area contributed by atoms with Crippen LogP contribution in [0.15, 0.2) is 40.2 Å². The predicted molar refractivity (Wildman–Crippen MR) is 64.4 cm³/mol. The zero-order valence-corrected chi connectivity index (χ0v) is 12.8. The van der Waals surface area contributed by atoms with Gasteiger partial charge in [-0.05, 0) is 12.1 Å². The van der Waals surface area contributed by atoms with Crippen LogP contribution in [0.4, 0.5) is 0 Å². The summed E-state index contributed by atoms with van der Waals surface area (Å²) in [6.07, 6.45) is 0. The number of esters is 1. The van der Waals surface area contributed by atoms with Crippen molar-refractivity contribution in [1.82, 2.24) is 0 Å². The molecule has 0 amide bonds. The quantitative estimate of drug-likeness (QED) is 0.450. The Morgan fingerprint density at radius 2 is 1.82 bits per heavy atom. The van der Waals surface area contributed by atoms with Gasteiger partial charge in [-0.15, -0.1) is 0 Å². The summed E-state index contributed by atoms with van der Waals surface area (Å²) in [4.78, 5) is 11.1. The first-order valence-electron chi connectivity index (χ1n) is 5.47. The van der Waals surface area contributed by atoms with E-state index >= 15 is 0 Å². The molecule has 0 bridgehead atoms. The second-order valence-corrected chi connectivity index (χ2v) is 7.21. The van der Waals surface area contributed by atoms with Crippen LogP contribution < -0.4 is 21.2 Å². The van der Waals surface area contributed by atoms with Gasteiger partial charge in [0, 0.05) is 12.3 Å². The van der Waals surface area contributed by atoms with Gasteiger partial charge >= 0.3 is 27.2 Å². The van der Waals surface area contributed by atoms with Crippen molar-refractivity contribution in [3.63, 3.8) is 0 Å². The highest BCUT2D eigenvalue weighted by Crippen LogP contribution is 2.24. The van der Waals surface area contributed by atoms with Crippen LogP contribution in [-0.4, -0.2) is 5.97 Å². The standard InChI is InChI=1S/C14H18IO2/c1-11(16)17-13(14(2,3)4)10-15-12-8-6-5-7-9-12/h5-10H,1-4H3/q+1/b13-10+. The molecule has 92 valence electrons. The summed E-state index contributed by atoms with van der Waals surface area (Å²) in [7, 11) is 0. The van der Waals surface area contributed by atoms with Crippen LogP contribution in [0.25, 0.3) is 0 Å². The van der Waals surface area contributed by atoms with Crippen LogP contribution >= 0.6 is 0 Å². The minimum Gasteiger partial charge on any atom is -0.427 e. The first-order valence-corrected chi connectivity index (χ1v) is 7.79. The third-order valence-electron chi connectivity index (χ3n) is 2.01. The minimum atomic E-state index is -0.251. The molecule has 0 saturated heterocycles. The highest BCUT2D eigenvalue weighted by Gasteiger charge is 2.24. The van der Waals surface area contributed by atoms with E-state index in [9.17, 15) is 4.79 Å². The average Bonchev–Trinajstić information content (AvgIpc) is 2.23. The van der Waals surface area contributed by atoms with Gasteiger partial charge in [-0.3, -0.25) is 4.79 Å². The van der Waals surface area contributed by atoms with Crippen molar-refractivity contribution in [2.45, 2.75) is 27.7 Å². The SMILES string of the molecule is CC(=O)O/C(=C/[I+]c1ccccc1)C(C)(C)C. The normalized spacial score (nSPS) is 12.4. The Morgan fingerprint density at radius 1 is 1.24 bits per heavy atom. The average molecular weight is 345 g/mol. The topological polar surface area (TPSA) is 26.3 Å². The van der Waals surface area contributed by atoms with E-state index in [-0.39, 0.29) is 32.6 Å². The highest BCUT2D eigenvalue weighted by atomic mass is 127. The smallest absolute Gasteiger partial charge is 0.353 e. The maximum absolute atomic E-state index is 11.1. The molecule has 0 aliphatic rings. The third-order valence-corrected chi connectivity index (χ3v) is 4.32. The maximum atomic E-state index is 11.1. The molecule has 0 aromatic heterocycles. The number of hydrogen-bond donors (Lipinski definition) is 0. The fraction of sp³-hybridized carbons (Fsp3) is 0.357. The fourth-order valence-electron chi connectivity index (χ4n) is 1.09. The molecule has 0 heterocycles. The van der Waals surface area contributed by atoms with E-state index in [0.717, 1.165) is 5.76 Å². The Morgan fingerprint density at radius 3 is 2.29 bits per heavy atom. The van der Waals surface area contributed by atoms with Crippen molar-refractivity contribution in [2.75, 3.05) is 0 Å². The first kappa shape index (κ1) is 14.2. The molecule has 0 spiro atoms. The lowest BCUT2D eigenvalue weighted by molar-refractivity contribution is -0.559. The summed E-state index contributed by atoms with van der Waals surface area (Å²) < 4.78 is 8.70. The number of ether oxygens (including phenoxy) is 1. The number of benzene rings is 1. The molecule has 1 aromatic carbocycles. The van der Waals surface area contributed by atoms with E-state index in [4.69, 9.17) is 4.74 Å². The molecular formula is C14H18IO2+. The molecule has 0 aliphatic carbocycles. The number of allylic oxidation sites excluding steroid dienone is 1. The van der Waals surface area contributed by atoms with Gasteiger partial charge in [0.25, 0.3) is 0 Å². The van der Waals surface area contributed by atoms with Crippen molar-refractivity contribution >= 4 is 5.97 Å². The zero-order chi connectivity index (χ0) is 12.9. The van der Waals surface area contributed by atoms with Crippen LogP contribution in [0.1, 0.15) is 27.7 Å². The lowest BCUT2D eigenvalue weighted by Crippen LogP contribution is -3.59. The largest absolute Gasteiger partial charge is 0.427 e. The van der Waals surface area contributed by atoms with Gasteiger partial charge in [0.2, 0.25) is 0 Å². The van der Waals surface area contributed by atoms with Crippen LogP contribution in [-0.2, 0) is 9.53 Å². The Hall–Kier alpha value is -0.840. The van der Waals surface area contributed by atoms with E-state index in [1.54, 1.807) is 0 Å². The van der Waals surface area contributed by atoms with Crippen molar-refractivity contribution in [3.8, 4) is 0 Å². The van der Waals surface area contributed by atoms with Gasteiger partial charge in [-0.2, -0.15) is 0 Å². The van der Waals surface area contributed by atoms with Crippen LogP contribution in [0, 0.1) is 8.99 Å². The van der Waals surface area contributed by atoms with Gasteiger partial charge in [0.05, 0.1) is 0 Å². The lowest BCUT2D eigenvalue weighted by atomic mass is 9.95. The van der Waals surface area contributed by atoms with Crippen molar-refractivity contribution in [2.24, 2.45) is 5.41 Å². The van der Waals surface area contributed by atoms with Gasteiger partial charge in [0.15, 0.2) is 13.4 Å². The van der Waals surface area contributed by atoms with E-state index in [1.807, 2.05) is 18.2 Å². The van der Waals surface area contributed by atoms with E-state index in [0.29, 0.717) is 0 Å². The summed E-state index contributed by atoms with van der Waals surface area (Å²) in [6.45, 7) is 7.60. The van der Waals surface area contributed by atoms with Crippen molar-refractivity contribution < 1.29 is 30.7 Å². The monoisotopic (exact) mass is 345 g/mol. The molecule has 1 rings (SSSR count). The molecule has 0 radical (unpaired) electrons. The number of hydrogen-bond acceptors (Lipinski definition) is 2. The van der Waals surface area contributed by atoms with Crippen LogP contribution in [0.2, 0.25) is 0 Å². The summed E-state index contributed by atoms with van der Waals surface area (Å²) >= 11 is -0.251. The molecule has 2 nitrogen and oxygen atoms in total. The highest BCUT2D eigenvalue weighted by molar-refractivity contribution is 5.67. The van der Waals surface area contributed by atoms with Gasteiger partial charge in [0.1, 0.15) is 0 Å². The maximum Gasteiger partial charge on any atom is 0.353 e. The minimum absolute atomic E-state index is 0.125. The van der Waals surface area contributed by atoms with E-state index < -0.39 is 0 Å². The Bertz CT molecular complexity index is 402. The molecular weight excluding hydrogens is 327 g/mol. The first-order chi connectivity index (χ1) is 7.89. The Balaban J connectivity index is 2.80. The second-order valence-electron chi connectivity index (χ2n) is 4.72. The van der Waals surface area contributed by atoms with E-state index in [2.05, 4.69) is 37.0 Å². The molecule has 0 N–H and O–H groups in total. The fourth-order valence-corrected chi connectivity index (χ4v) is 3.63. The summed E-state index contributed by atoms with van der Waals surface area (Å²) in [5, 5.41) is 0. The number of halogens is 1. The Labute approximate surface area is 113 Å². The molecule has 0 aliphatic heterocycles. The van der Waals surface area contributed by atoms with Gasteiger partial charge < -0.3 is 4.74 Å². The van der Waals surface area contributed by atoms with Crippen LogP contribution in [0.3, 0.4) is 0 Å². The molecule has 0 saturated carbocycles. The molecule has 3 heteroatoms. The molecule has 17 heavy (non-hydrogen) atoms. The molecule has 1 aromatic rings. The predicted octanol–water partition coefficient (Wildman–Crippen LogP) is 0.396. The summed E-state index contributed by atoms with van der Waals surface area (Å²) in [5.74, 6) is 0.532. The second kappa shape index (κ2) is 6.19. The third kappa shape index (κ3) is 5.35. The van der Waals surface area contributed by atoms with Crippen molar-refractivity contribution in [3.05, 3.63) is 43.7 Å². The van der Waals surface area contributed by atoms with Gasteiger partial charge in [-0.25, -0.2) is 0 Å². The summed E-state index contributed by atoms with van der Waals surface area (Å²) in [6, 6.07) is 10.3. The molecule has 0 fully saturated rings.